The molecule has 1 saturated carbocycles. The Morgan fingerprint density at radius 1 is 1.13 bits per heavy atom. The lowest BCUT2D eigenvalue weighted by Gasteiger charge is -2.43. The number of likely N-dealkylation sites (tertiary alicyclic amines) is 1. The van der Waals surface area contributed by atoms with E-state index in [1.807, 2.05) is 12.1 Å². The van der Waals surface area contributed by atoms with Gasteiger partial charge in [-0.05, 0) is 80.6 Å². The second kappa shape index (κ2) is 9.93. The van der Waals surface area contributed by atoms with Crippen LogP contribution >= 0.6 is 23.2 Å². The Morgan fingerprint density at radius 3 is 2.37 bits per heavy atom. The summed E-state index contributed by atoms with van der Waals surface area (Å²) in [6.07, 6.45) is 6.43. The van der Waals surface area contributed by atoms with Crippen LogP contribution in [0.4, 0.5) is 0 Å². The van der Waals surface area contributed by atoms with Gasteiger partial charge in [0.25, 0.3) is 0 Å². The Hall–Kier alpha value is -0.553. The fourth-order valence-corrected chi connectivity index (χ4v) is 6.76. The first-order valence-corrected chi connectivity index (χ1v) is 14.4. The molecule has 0 aromatic heterocycles. The Labute approximate surface area is 194 Å². The monoisotopic (exact) mass is 468 g/mol. The van der Waals surface area contributed by atoms with E-state index in [4.69, 9.17) is 27.6 Å². The summed E-state index contributed by atoms with van der Waals surface area (Å²) < 4.78 is 6.44. The van der Waals surface area contributed by atoms with Crippen molar-refractivity contribution in [2.45, 2.75) is 84.5 Å². The van der Waals surface area contributed by atoms with Crippen molar-refractivity contribution in [1.82, 2.24) is 4.90 Å². The van der Waals surface area contributed by atoms with Gasteiger partial charge in [-0.15, -0.1) is 0 Å². The van der Waals surface area contributed by atoms with Crippen LogP contribution in [0.3, 0.4) is 0 Å². The minimum atomic E-state index is -0.728. The van der Waals surface area contributed by atoms with Crippen LogP contribution in [0.25, 0.3) is 0 Å². The summed E-state index contributed by atoms with van der Waals surface area (Å²) in [5, 5.41) is 1.30. The van der Waals surface area contributed by atoms with Crippen LogP contribution in [0.15, 0.2) is 18.2 Å². The largest absolute Gasteiger partial charge is 0.413 e. The molecule has 1 amide bonds. The minimum absolute atomic E-state index is 0.0393. The van der Waals surface area contributed by atoms with Crippen LogP contribution in [-0.2, 0) is 15.6 Å². The molecule has 3 nitrogen and oxygen atoms in total. The van der Waals surface area contributed by atoms with Crippen molar-refractivity contribution >= 4 is 38.1 Å². The highest BCUT2D eigenvalue weighted by molar-refractivity contribution is 6.48. The lowest BCUT2D eigenvalue weighted by Crippen LogP contribution is -2.45. The molecule has 2 atom stereocenters. The summed E-state index contributed by atoms with van der Waals surface area (Å²) in [7, 11) is -0.728. The molecule has 1 aromatic carbocycles. The summed E-state index contributed by atoms with van der Waals surface area (Å²) in [5.74, 6) is 0.945. The van der Waals surface area contributed by atoms with Crippen LogP contribution < -0.4 is 0 Å². The van der Waals surface area contributed by atoms with Crippen molar-refractivity contribution in [2.75, 3.05) is 6.54 Å². The molecule has 0 N–H and O–H groups in total. The van der Waals surface area contributed by atoms with Gasteiger partial charge in [-0.3, -0.25) is 4.79 Å². The first kappa shape index (κ1) is 24.1. The quantitative estimate of drug-likeness (QED) is 0.438. The number of hydrogen-bond acceptors (Lipinski definition) is 2. The van der Waals surface area contributed by atoms with Crippen LogP contribution in [0.5, 0.6) is 0 Å². The standard InChI is InChI=1S/C24H36Cl2NO2Si/c1-24(2,3)22(29-30(4)5)16-7-10-20(11-8-16)27-13-12-18(23(27)28)14-17-6-9-19(25)15-21(17)26/h6,9,15-16,18,20,22H,7-8,10-14H2,1-5H3. The fourth-order valence-electron chi connectivity index (χ4n) is 5.22. The van der Waals surface area contributed by atoms with E-state index in [1.54, 1.807) is 6.07 Å². The van der Waals surface area contributed by atoms with E-state index < -0.39 is 9.04 Å². The number of rotatable bonds is 6. The van der Waals surface area contributed by atoms with E-state index in [0.717, 1.165) is 44.2 Å². The topological polar surface area (TPSA) is 29.5 Å². The molecule has 30 heavy (non-hydrogen) atoms. The smallest absolute Gasteiger partial charge is 0.226 e. The molecule has 2 aliphatic rings. The molecule has 2 fully saturated rings. The minimum Gasteiger partial charge on any atom is -0.413 e. The number of carbonyl (C=O) groups is 1. The molecule has 1 heterocycles. The third-order valence-corrected chi connectivity index (χ3v) is 7.97. The third-order valence-electron chi connectivity index (χ3n) is 6.66. The molecule has 1 radical (unpaired) electrons. The molecule has 1 saturated heterocycles. The molecule has 3 rings (SSSR count). The van der Waals surface area contributed by atoms with Gasteiger partial charge in [-0.2, -0.15) is 0 Å². The maximum Gasteiger partial charge on any atom is 0.226 e. The summed E-state index contributed by atoms with van der Waals surface area (Å²) in [5.41, 5.74) is 1.18. The van der Waals surface area contributed by atoms with Gasteiger partial charge in [0.1, 0.15) is 0 Å². The van der Waals surface area contributed by atoms with Crippen molar-refractivity contribution < 1.29 is 9.22 Å². The predicted molar refractivity (Wildman–Crippen MR) is 128 cm³/mol. The molecule has 2 unspecified atom stereocenters. The van der Waals surface area contributed by atoms with E-state index in [1.165, 1.54) is 0 Å². The van der Waals surface area contributed by atoms with Crippen molar-refractivity contribution in [3.63, 3.8) is 0 Å². The molecule has 1 aromatic rings. The third kappa shape index (κ3) is 5.82. The van der Waals surface area contributed by atoms with Gasteiger partial charge in [-0.25, -0.2) is 0 Å². The summed E-state index contributed by atoms with van der Waals surface area (Å²) in [6, 6.07) is 5.96. The van der Waals surface area contributed by atoms with Crippen molar-refractivity contribution in [1.29, 1.82) is 0 Å². The summed E-state index contributed by atoms with van der Waals surface area (Å²) in [6.45, 7) is 12.2. The zero-order chi connectivity index (χ0) is 22.1. The molecular weight excluding hydrogens is 433 g/mol. The van der Waals surface area contributed by atoms with E-state index in [-0.39, 0.29) is 11.3 Å². The highest BCUT2D eigenvalue weighted by atomic mass is 35.5. The first-order chi connectivity index (χ1) is 14.1. The normalized spacial score (nSPS) is 26.5. The molecule has 6 heteroatoms. The van der Waals surface area contributed by atoms with Gasteiger partial charge in [0.2, 0.25) is 14.9 Å². The van der Waals surface area contributed by atoms with Crippen LogP contribution in [0.2, 0.25) is 23.1 Å². The zero-order valence-electron chi connectivity index (χ0n) is 19.0. The van der Waals surface area contributed by atoms with Crippen molar-refractivity contribution in [2.24, 2.45) is 17.3 Å². The number of carbonyl (C=O) groups excluding carboxylic acids is 1. The van der Waals surface area contributed by atoms with Gasteiger partial charge >= 0.3 is 0 Å². The SMILES string of the molecule is C[Si](C)OC(C1CCC(N2CCC(Cc3ccc(Cl)cc3Cl)C2=O)CC1)C(C)(C)C. The Balaban J connectivity index is 1.57. The van der Waals surface area contributed by atoms with Gasteiger partial charge in [0.15, 0.2) is 0 Å². The summed E-state index contributed by atoms with van der Waals surface area (Å²) in [4.78, 5) is 15.3. The van der Waals surface area contributed by atoms with E-state index in [0.29, 0.717) is 40.4 Å². The van der Waals surface area contributed by atoms with Crippen molar-refractivity contribution in [3.05, 3.63) is 33.8 Å². The molecule has 0 bridgehead atoms. The number of amides is 1. The molecule has 167 valence electrons. The second-order valence-electron chi connectivity index (χ2n) is 10.3. The first-order valence-electron chi connectivity index (χ1n) is 11.3. The van der Waals surface area contributed by atoms with Gasteiger partial charge in [0, 0.05) is 28.5 Å². The number of benzene rings is 1. The lowest BCUT2D eigenvalue weighted by molar-refractivity contribution is -0.133. The summed E-state index contributed by atoms with van der Waals surface area (Å²) >= 11 is 12.3. The Morgan fingerprint density at radius 2 is 1.80 bits per heavy atom. The average molecular weight is 470 g/mol. The Kier molecular flexibility index (Phi) is 7.98. The lowest BCUT2D eigenvalue weighted by atomic mass is 9.73. The highest BCUT2D eigenvalue weighted by Gasteiger charge is 2.41. The predicted octanol–water partition coefficient (Wildman–Crippen LogP) is 6.63. The van der Waals surface area contributed by atoms with Crippen molar-refractivity contribution in [3.8, 4) is 0 Å². The van der Waals surface area contributed by atoms with E-state index in [9.17, 15) is 4.79 Å². The van der Waals surface area contributed by atoms with E-state index in [2.05, 4.69) is 38.8 Å². The van der Waals surface area contributed by atoms with Gasteiger partial charge < -0.3 is 9.33 Å². The molecule has 1 aliphatic carbocycles. The average Bonchev–Trinajstić information content (AvgIpc) is 3.02. The number of hydrogen-bond donors (Lipinski definition) is 0. The van der Waals surface area contributed by atoms with Crippen LogP contribution in [0, 0.1) is 17.3 Å². The Bertz CT molecular complexity index is 741. The molecular formula is C24H36Cl2NO2Si. The fraction of sp³-hybridized carbons (Fsp3) is 0.708. The van der Waals surface area contributed by atoms with E-state index >= 15 is 0 Å². The highest BCUT2D eigenvalue weighted by Crippen LogP contribution is 2.40. The second-order valence-corrected chi connectivity index (χ2v) is 13.2. The van der Waals surface area contributed by atoms with Crippen LogP contribution in [0.1, 0.15) is 58.4 Å². The molecule has 0 spiro atoms. The zero-order valence-corrected chi connectivity index (χ0v) is 21.5. The maximum absolute atomic E-state index is 13.1. The maximum atomic E-state index is 13.1. The number of nitrogens with zero attached hydrogens (tertiary/aromatic N) is 1. The van der Waals surface area contributed by atoms with Gasteiger partial charge in [0.05, 0.1) is 6.10 Å². The number of halogens is 2. The van der Waals surface area contributed by atoms with Crippen LogP contribution in [-0.4, -0.2) is 38.5 Å². The van der Waals surface area contributed by atoms with Gasteiger partial charge in [-0.1, -0.05) is 50.0 Å². The molecule has 1 aliphatic heterocycles.